The number of nitrogens with zero attached hydrogens (tertiary/aromatic N) is 2. The fourth-order valence-corrected chi connectivity index (χ4v) is 1.68. The Morgan fingerprint density at radius 3 is 2.22 bits per heavy atom. The minimum Gasteiger partial charge on any atom is -0.235 e. The van der Waals surface area contributed by atoms with E-state index in [1.807, 2.05) is 22.6 Å². The highest BCUT2D eigenvalue weighted by molar-refractivity contribution is 14.1. The fraction of sp³-hybridized carbons (Fsp3) is 0.0909. The summed E-state index contributed by atoms with van der Waals surface area (Å²) in [6, 6.07) is 4.62. The second-order valence-electron chi connectivity index (χ2n) is 3.41. The maximum absolute atomic E-state index is 12.4. The van der Waals surface area contributed by atoms with E-state index in [1.54, 1.807) is 0 Å². The van der Waals surface area contributed by atoms with Crippen molar-refractivity contribution in [3.63, 3.8) is 0 Å². The van der Waals surface area contributed by atoms with Crippen LogP contribution in [0.2, 0.25) is 5.15 Å². The normalized spacial score (nSPS) is 11.6. The van der Waals surface area contributed by atoms with Gasteiger partial charge in [-0.2, -0.15) is 13.2 Å². The average Bonchev–Trinajstić information content (AvgIpc) is 2.32. The molecule has 0 saturated heterocycles. The number of hydrogen-bond acceptors (Lipinski definition) is 2. The van der Waals surface area contributed by atoms with Gasteiger partial charge in [0.2, 0.25) is 0 Å². The van der Waals surface area contributed by atoms with Crippen molar-refractivity contribution < 1.29 is 13.2 Å². The molecule has 0 unspecified atom stereocenters. The molecule has 0 spiro atoms. The van der Waals surface area contributed by atoms with Crippen LogP contribution in [0.25, 0.3) is 11.4 Å². The predicted octanol–water partition coefficient (Wildman–Crippen LogP) is 4.42. The first-order chi connectivity index (χ1) is 8.38. The van der Waals surface area contributed by atoms with Gasteiger partial charge < -0.3 is 0 Å². The molecule has 2 rings (SSSR count). The van der Waals surface area contributed by atoms with E-state index in [2.05, 4.69) is 9.97 Å². The van der Waals surface area contributed by atoms with E-state index in [0.717, 1.165) is 12.1 Å². The van der Waals surface area contributed by atoms with Crippen molar-refractivity contribution in [2.45, 2.75) is 6.18 Å². The number of alkyl halides is 3. The van der Waals surface area contributed by atoms with Gasteiger partial charge in [0.25, 0.3) is 0 Å². The molecule has 0 fully saturated rings. The van der Waals surface area contributed by atoms with Crippen LogP contribution < -0.4 is 0 Å². The molecule has 0 aliphatic heterocycles. The van der Waals surface area contributed by atoms with Crippen LogP contribution in [0.5, 0.6) is 0 Å². The summed E-state index contributed by atoms with van der Waals surface area (Å²) in [6.45, 7) is 0. The van der Waals surface area contributed by atoms with Gasteiger partial charge in [-0.1, -0.05) is 23.7 Å². The highest BCUT2D eigenvalue weighted by atomic mass is 127. The summed E-state index contributed by atoms with van der Waals surface area (Å²) in [6.07, 6.45) is -2.83. The van der Waals surface area contributed by atoms with Gasteiger partial charge in [-0.05, 0) is 34.7 Å². The number of halogens is 5. The molecule has 94 valence electrons. The van der Waals surface area contributed by atoms with Crippen LogP contribution in [0.1, 0.15) is 5.56 Å². The summed E-state index contributed by atoms with van der Waals surface area (Å²) in [4.78, 5) is 8.02. The first-order valence-corrected chi connectivity index (χ1v) is 6.19. The van der Waals surface area contributed by atoms with Gasteiger partial charge in [0.15, 0.2) is 5.82 Å². The monoisotopic (exact) mass is 384 g/mol. The van der Waals surface area contributed by atoms with Crippen molar-refractivity contribution in [1.82, 2.24) is 9.97 Å². The molecule has 0 atom stereocenters. The summed E-state index contributed by atoms with van der Waals surface area (Å²) in [7, 11) is 0. The van der Waals surface area contributed by atoms with Crippen LogP contribution in [0, 0.1) is 3.57 Å². The summed E-state index contributed by atoms with van der Waals surface area (Å²) in [5, 5.41) is 0.278. The minimum atomic E-state index is -4.34. The van der Waals surface area contributed by atoms with E-state index in [4.69, 9.17) is 11.6 Å². The maximum Gasteiger partial charge on any atom is 0.416 e. The molecule has 0 bridgehead atoms. The number of benzene rings is 1. The number of hydrogen-bond donors (Lipinski definition) is 0. The first kappa shape index (κ1) is 13.5. The van der Waals surface area contributed by atoms with Crippen LogP contribution in [0.3, 0.4) is 0 Å². The highest BCUT2D eigenvalue weighted by Crippen LogP contribution is 2.30. The largest absolute Gasteiger partial charge is 0.416 e. The molecule has 18 heavy (non-hydrogen) atoms. The third kappa shape index (κ3) is 2.92. The van der Waals surface area contributed by atoms with Crippen LogP contribution >= 0.6 is 34.2 Å². The molecule has 0 aliphatic carbocycles. The smallest absolute Gasteiger partial charge is 0.235 e. The van der Waals surface area contributed by atoms with E-state index < -0.39 is 11.7 Å². The zero-order valence-corrected chi connectivity index (χ0v) is 11.6. The third-order valence-corrected chi connectivity index (χ3v) is 3.57. The Morgan fingerprint density at radius 2 is 1.72 bits per heavy atom. The maximum atomic E-state index is 12.4. The number of aromatic nitrogens is 2. The van der Waals surface area contributed by atoms with Crippen molar-refractivity contribution in [1.29, 1.82) is 0 Å². The van der Waals surface area contributed by atoms with Gasteiger partial charge in [-0.25, -0.2) is 9.97 Å². The van der Waals surface area contributed by atoms with Crippen molar-refractivity contribution in [3.05, 3.63) is 44.7 Å². The quantitative estimate of drug-likeness (QED) is 0.537. The van der Waals surface area contributed by atoms with Gasteiger partial charge in [-0.15, -0.1) is 0 Å². The standard InChI is InChI=1S/C11H5ClF3IN2/c12-9-8(16)5-17-10(18-9)6-1-3-7(4-2-6)11(13,14)15/h1-5H. The molecular weight excluding hydrogens is 379 g/mol. The molecule has 0 amide bonds. The highest BCUT2D eigenvalue weighted by Gasteiger charge is 2.30. The van der Waals surface area contributed by atoms with Gasteiger partial charge in [0.05, 0.1) is 9.13 Å². The molecule has 1 aromatic carbocycles. The Bertz CT molecular complexity index is 569. The summed E-state index contributed by atoms with van der Waals surface area (Å²) in [5.74, 6) is 0.300. The lowest BCUT2D eigenvalue weighted by atomic mass is 10.1. The summed E-state index contributed by atoms with van der Waals surface area (Å²) in [5.41, 5.74) is -0.218. The van der Waals surface area contributed by atoms with Crippen LogP contribution in [0.4, 0.5) is 13.2 Å². The fourth-order valence-electron chi connectivity index (χ4n) is 1.29. The summed E-state index contributed by atoms with van der Waals surface area (Å²) >= 11 is 7.80. The summed E-state index contributed by atoms with van der Waals surface area (Å²) < 4.78 is 37.8. The first-order valence-electron chi connectivity index (χ1n) is 4.73. The molecular formula is C11H5ClF3IN2. The number of rotatable bonds is 1. The Balaban J connectivity index is 2.37. The van der Waals surface area contributed by atoms with E-state index in [1.165, 1.54) is 18.3 Å². The zero-order chi connectivity index (χ0) is 13.3. The van der Waals surface area contributed by atoms with Gasteiger partial charge in [0.1, 0.15) is 5.15 Å². The van der Waals surface area contributed by atoms with Gasteiger partial charge in [-0.3, -0.25) is 0 Å². The molecule has 7 heteroatoms. The minimum absolute atomic E-state index is 0.278. The Hall–Kier alpha value is -0.890. The lowest BCUT2D eigenvalue weighted by Gasteiger charge is -2.07. The second-order valence-corrected chi connectivity index (χ2v) is 4.93. The van der Waals surface area contributed by atoms with Crippen molar-refractivity contribution >= 4 is 34.2 Å². The van der Waals surface area contributed by atoms with Gasteiger partial charge >= 0.3 is 6.18 Å². The van der Waals surface area contributed by atoms with Crippen molar-refractivity contribution in [3.8, 4) is 11.4 Å². The third-order valence-electron chi connectivity index (χ3n) is 2.17. The topological polar surface area (TPSA) is 25.8 Å². The molecule has 0 saturated carbocycles. The molecule has 1 heterocycles. The molecule has 0 N–H and O–H groups in total. The Kier molecular flexibility index (Phi) is 3.76. The van der Waals surface area contributed by atoms with E-state index in [-0.39, 0.29) is 5.15 Å². The molecule has 0 aliphatic rings. The zero-order valence-electron chi connectivity index (χ0n) is 8.67. The van der Waals surface area contributed by atoms with Crippen molar-refractivity contribution in [2.75, 3.05) is 0 Å². The lowest BCUT2D eigenvalue weighted by molar-refractivity contribution is -0.137. The Morgan fingerprint density at radius 1 is 1.11 bits per heavy atom. The van der Waals surface area contributed by atoms with Gasteiger partial charge in [0, 0.05) is 11.8 Å². The molecule has 1 aromatic heterocycles. The molecule has 0 radical (unpaired) electrons. The van der Waals surface area contributed by atoms with E-state index >= 15 is 0 Å². The van der Waals surface area contributed by atoms with E-state index in [0.29, 0.717) is 15.0 Å². The SMILES string of the molecule is FC(F)(F)c1ccc(-c2ncc(I)c(Cl)n2)cc1. The van der Waals surface area contributed by atoms with Crippen LogP contribution in [-0.2, 0) is 6.18 Å². The second kappa shape index (κ2) is 5.00. The Labute approximate surface area is 119 Å². The van der Waals surface area contributed by atoms with Crippen LogP contribution in [-0.4, -0.2) is 9.97 Å². The molecule has 2 nitrogen and oxygen atoms in total. The average molecular weight is 385 g/mol. The lowest BCUT2D eigenvalue weighted by Crippen LogP contribution is -2.04. The predicted molar refractivity (Wildman–Crippen MR) is 70.2 cm³/mol. The van der Waals surface area contributed by atoms with E-state index in [9.17, 15) is 13.2 Å². The van der Waals surface area contributed by atoms with Crippen molar-refractivity contribution in [2.24, 2.45) is 0 Å². The molecule has 2 aromatic rings. The van der Waals surface area contributed by atoms with Crippen LogP contribution in [0.15, 0.2) is 30.5 Å².